The Bertz CT molecular complexity index is 601. The first-order valence-corrected chi connectivity index (χ1v) is 7.70. The van der Waals surface area contributed by atoms with Gasteiger partial charge in [-0.25, -0.2) is 4.98 Å². The number of aryl methyl sites for hydroxylation is 1. The summed E-state index contributed by atoms with van der Waals surface area (Å²) in [5.74, 6) is 1.72. The van der Waals surface area contributed by atoms with Crippen molar-refractivity contribution in [3.05, 3.63) is 41.7 Å². The average molecular weight is 300 g/mol. The lowest BCUT2D eigenvalue weighted by Crippen LogP contribution is -2.13. The number of ether oxygens (including phenoxy) is 1. The number of nitrogens with two attached hydrogens (primary N) is 1. The van der Waals surface area contributed by atoms with Crippen LogP contribution >= 0.6 is 0 Å². The van der Waals surface area contributed by atoms with Gasteiger partial charge in [0.05, 0.1) is 12.6 Å². The topological polar surface area (TPSA) is 73.1 Å². The largest absolute Gasteiger partial charge is 0.476 e. The molecule has 0 fully saturated rings. The van der Waals surface area contributed by atoms with Gasteiger partial charge in [-0.15, -0.1) is 0 Å². The number of nitrogen functional groups attached to an aromatic ring is 1. The fourth-order valence-electron chi connectivity index (χ4n) is 2.12. The van der Waals surface area contributed by atoms with Gasteiger partial charge in [-0.3, -0.25) is 0 Å². The van der Waals surface area contributed by atoms with Crippen molar-refractivity contribution in [2.24, 2.45) is 0 Å². The third kappa shape index (κ3) is 4.10. The van der Waals surface area contributed by atoms with Gasteiger partial charge >= 0.3 is 0 Å². The van der Waals surface area contributed by atoms with Gasteiger partial charge in [0.1, 0.15) is 11.5 Å². The Kier molecular flexibility index (Phi) is 5.58. The van der Waals surface area contributed by atoms with E-state index in [2.05, 4.69) is 41.3 Å². The summed E-state index contributed by atoms with van der Waals surface area (Å²) in [6, 6.07) is 10.3. The van der Waals surface area contributed by atoms with Crippen LogP contribution in [0.1, 0.15) is 44.1 Å². The number of anilines is 2. The lowest BCUT2D eigenvalue weighted by molar-refractivity contribution is 0.298. The minimum absolute atomic E-state index is 0.0984. The quantitative estimate of drug-likeness (QED) is 0.762. The maximum atomic E-state index is 6.15. The molecule has 0 bridgehead atoms. The molecule has 0 aliphatic rings. The maximum Gasteiger partial charge on any atom is 0.242 e. The second-order valence-corrected chi connectivity index (χ2v) is 5.32. The smallest absolute Gasteiger partial charge is 0.242 e. The Balaban J connectivity index is 2.16. The molecule has 0 spiro atoms. The van der Waals surface area contributed by atoms with E-state index in [4.69, 9.17) is 10.5 Å². The molecule has 3 N–H and O–H groups in total. The molecular weight excluding hydrogens is 276 g/mol. The van der Waals surface area contributed by atoms with E-state index in [0.29, 0.717) is 29.8 Å². The zero-order valence-electron chi connectivity index (χ0n) is 13.5. The normalized spacial score (nSPS) is 12.0. The van der Waals surface area contributed by atoms with Crippen molar-refractivity contribution in [3.8, 4) is 5.88 Å². The van der Waals surface area contributed by atoms with Gasteiger partial charge in [0.2, 0.25) is 5.88 Å². The fraction of sp³-hybridized carbons (Fsp3) is 0.412. The molecule has 1 aromatic heterocycles. The zero-order chi connectivity index (χ0) is 15.9. The number of rotatable bonds is 7. The van der Waals surface area contributed by atoms with Crippen LogP contribution in [-0.4, -0.2) is 16.6 Å². The van der Waals surface area contributed by atoms with Crippen LogP contribution in [-0.2, 0) is 0 Å². The van der Waals surface area contributed by atoms with Gasteiger partial charge < -0.3 is 15.8 Å². The Morgan fingerprint density at radius 3 is 2.64 bits per heavy atom. The lowest BCUT2D eigenvalue weighted by atomic mass is 10.1. The first-order chi connectivity index (χ1) is 10.6. The molecule has 22 heavy (non-hydrogen) atoms. The van der Waals surface area contributed by atoms with Crippen LogP contribution in [0.4, 0.5) is 11.5 Å². The van der Waals surface area contributed by atoms with Crippen molar-refractivity contribution >= 4 is 11.5 Å². The van der Waals surface area contributed by atoms with Crippen LogP contribution in [0.25, 0.3) is 0 Å². The van der Waals surface area contributed by atoms with Crippen molar-refractivity contribution in [2.75, 3.05) is 17.7 Å². The first-order valence-electron chi connectivity index (χ1n) is 7.70. The number of aromatic nitrogens is 2. The highest BCUT2D eigenvalue weighted by Crippen LogP contribution is 2.29. The van der Waals surface area contributed by atoms with E-state index in [1.54, 1.807) is 0 Å². The van der Waals surface area contributed by atoms with Crippen LogP contribution < -0.4 is 15.8 Å². The number of hydrogen-bond donors (Lipinski definition) is 2. The van der Waals surface area contributed by atoms with Crippen molar-refractivity contribution in [3.63, 3.8) is 0 Å². The number of nitrogens with one attached hydrogen (secondary N) is 1. The van der Waals surface area contributed by atoms with E-state index in [1.807, 2.05) is 25.1 Å². The molecule has 1 heterocycles. The Morgan fingerprint density at radius 1 is 1.23 bits per heavy atom. The van der Waals surface area contributed by atoms with E-state index < -0.39 is 0 Å². The Hall–Kier alpha value is -2.30. The predicted molar refractivity (Wildman–Crippen MR) is 90.1 cm³/mol. The summed E-state index contributed by atoms with van der Waals surface area (Å²) in [6.07, 6.45) is 2.05. The summed E-state index contributed by atoms with van der Waals surface area (Å²) in [5.41, 5.74) is 7.78. The Morgan fingerprint density at radius 2 is 1.95 bits per heavy atom. The van der Waals surface area contributed by atoms with Crippen molar-refractivity contribution in [1.82, 2.24) is 9.97 Å². The average Bonchev–Trinajstić information content (AvgIpc) is 2.52. The third-order valence-electron chi connectivity index (χ3n) is 3.41. The van der Waals surface area contributed by atoms with Crippen LogP contribution in [0.5, 0.6) is 5.88 Å². The summed E-state index contributed by atoms with van der Waals surface area (Å²) >= 11 is 0. The molecule has 118 valence electrons. The number of hydrogen-bond acceptors (Lipinski definition) is 5. The molecule has 1 atom stereocenters. The molecule has 2 rings (SSSR count). The molecule has 0 amide bonds. The van der Waals surface area contributed by atoms with Crippen molar-refractivity contribution in [2.45, 2.75) is 39.7 Å². The molecular formula is C17H24N4O. The molecule has 5 heteroatoms. The highest BCUT2D eigenvalue weighted by molar-refractivity contribution is 5.67. The van der Waals surface area contributed by atoms with E-state index >= 15 is 0 Å². The lowest BCUT2D eigenvalue weighted by Gasteiger charge is -2.18. The molecule has 2 aromatic rings. The van der Waals surface area contributed by atoms with Gasteiger partial charge in [-0.1, -0.05) is 43.7 Å². The molecule has 1 unspecified atom stereocenters. The second kappa shape index (κ2) is 7.64. The maximum absolute atomic E-state index is 6.15. The van der Waals surface area contributed by atoms with Gasteiger partial charge in [0.15, 0.2) is 5.82 Å². The highest BCUT2D eigenvalue weighted by Gasteiger charge is 2.14. The third-order valence-corrected chi connectivity index (χ3v) is 3.41. The highest BCUT2D eigenvalue weighted by atomic mass is 16.5. The molecule has 0 radical (unpaired) electrons. The van der Waals surface area contributed by atoms with E-state index in [9.17, 15) is 0 Å². The number of benzene rings is 1. The molecule has 0 aliphatic carbocycles. The fourth-order valence-corrected chi connectivity index (χ4v) is 2.12. The van der Waals surface area contributed by atoms with Crippen molar-refractivity contribution in [1.29, 1.82) is 0 Å². The van der Waals surface area contributed by atoms with E-state index in [1.165, 1.54) is 5.56 Å². The number of unbranched alkanes of at least 4 members (excludes halogenated alkanes) is 1. The first kappa shape index (κ1) is 16.1. The molecule has 1 aromatic carbocycles. The standard InChI is InChI=1S/C17H24N4O/c1-4-5-11-22-17-15(18)16(20-13(3)21-17)19-12(2)14-9-7-6-8-10-14/h6-10,12H,4-5,11,18H2,1-3H3,(H,19,20,21). The molecule has 0 aliphatic heterocycles. The molecule has 0 saturated heterocycles. The SMILES string of the molecule is CCCCOc1nc(C)nc(NC(C)c2ccccc2)c1N. The summed E-state index contributed by atoms with van der Waals surface area (Å²) in [6.45, 7) is 6.64. The van der Waals surface area contributed by atoms with Crippen molar-refractivity contribution < 1.29 is 4.74 Å². The van der Waals surface area contributed by atoms with Gasteiger partial charge in [0.25, 0.3) is 0 Å². The monoisotopic (exact) mass is 300 g/mol. The summed E-state index contributed by atoms with van der Waals surface area (Å²) in [7, 11) is 0. The van der Waals surface area contributed by atoms with Crippen LogP contribution in [0, 0.1) is 6.92 Å². The van der Waals surface area contributed by atoms with Crippen LogP contribution in [0.15, 0.2) is 30.3 Å². The van der Waals surface area contributed by atoms with E-state index in [-0.39, 0.29) is 6.04 Å². The summed E-state index contributed by atoms with van der Waals surface area (Å²) < 4.78 is 5.67. The Labute approximate surface area is 131 Å². The second-order valence-electron chi connectivity index (χ2n) is 5.32. The minimum Gasteiger partial charge on any atom is -0.476 e. The zero-order valence-corrected chi connectivity index (χ0v) is 13.5. The predicted octanol–water partition coefficient (Wildman–Crippen LogP) is 3.72. The summed E-state index contributed by atoms with van der Waals surface area (Å²) in [5, 5.41) is 3.34. The summed E-state index contributed by atoms with van der Waals surface area (Å²) in [4.78, 5) is 8.69. The number of nitrogens with zero attached hydrogens (tertiary/aromatic N) is 2. The van der Waals surface area contributed by atoms with Crippen LogP contribution in [0.3, 0.4) is 0 Å². The van der Waals surface area contributed by atoms with Gasteiger partial charge in [-0.2, -0.15) is 4.98 Å². The minimum atomic E-state index is 0.0984. The van der Waals surface area contributed by atoms with Gasteiger partial charge in [-0.05, 0) is 25.8 Å². The molecule has 0 saturated carbocycles. The van der Waals surface area contributed by atoms with Gasteiger partial charge in [0, 0.05) is 0 Å². The molecule has 5 nitrogen and oxygen atoms in total. The van der Waals surface area contributed by atoms with E-state index in [0.717, 1.165) is 12.8 Å². The van der Waals surface area contributed by atoms with Crippen LogP contribution in [0.2, 0.25) is 0 Å².